The van der Waals surface area contributed by atoms with Crippen molar-refractivity contribution in [2.24, 2.45) is 11.8 Å². The van der Waals surface area contributed by atoms with E-state index >= 15 is 0 Å². The summed E-state index contributed by atoms with van der Waals surface area (Å²) in [5.74, 6) is -0.631. The van der Waals surface area contributed by atoms with Gasteiger partial charge in [0.15, 0.2) is 0 Å². The van der Waals surface area contributed by atoms with E-state index < -0.39 is 36.4 Å². The molecule has 4 atom stereocenters. The summed E-state index contributed by atoms with van der Waals surface area (Å²) < 4.78 is 5.48. The first-order chi connectivity index (χ1) is 18.1. The fraction of sp³-hybridized carbons (Fsp3) is 0.483. The minimum Gasteiger partial charge on any atom is -0.356 e. The SMILES string of the molecule is CC(C)C[C@H](NC(=O)[C@H](CC(C)C)NC(O)OCc1ccccc1)C(=O)N[C@H](C=O)Cc1ccc(Cl)cc1. The number of rotatable bonds is 16. The van der Waals surface area contributed by atoms with Crippen LogP contribution in [-0.2, 0) is 32.1 Å². The number of nitrogens with one attached hydrogen (secondary N) is 3. The summed E-state index contributed by atoms with van der Waals surface area (Å²) in [4.78, 5) is 38.1. The summed E-state index contributed by atoms with van der Waals surface area (Å²) >= 11 is 5.93. The van der Waals surface area contributed by atoms with Crippen molar-refractivity contribution in [2.45, 2.75) is 78.1 Å². The van der Waals surface area contributed by atoms with Crippen molar-refractivity contribution in [3.05, 3.63) is 70.7 Å². The van der Waals surface area contributed by atoms with Gasteiger partial charge in [0.25, 0.3) is 0 Å². The van der Waals surface area contributed by atoms with E-state index in [1.165, 1.54) is 0 Å². The lowest BCUT2D eigenvalue weighted by molar-refractivity contribution is -0.146. The molecule has 1 unspecified atom stereocenters. The van der Waals surface area contributed by atoms with Gasteiger partial charge in [0.1, 0.15) is 12.3 Å². The van der Waals surface area contributed by atoms with Crippen molar-refractivity contribution in [1.82, 2.24) is 16.0 Å². The van der Waals surface area contributed by atoms with Gasteiger partial charge in [-0.2, -0.15) is 0 Å². The lowest BCUT2D eigenvalue weighted by Crippen LogP contribution is -2.56. The minimum atomic E-state index is -1.37. The highest BCUT2D eigenvalue weighted by Crippen LogP contribution is 2.13. The van der Waals surface area contributed by atoms with Crippen LogP contribution in [0.4, 0.5) is 0 Å². The van der Waals surface area contributed by atoms with E-state index in [-0.39, 0.29) is 18.4 Å². The fourth-order valence-corrected chi connectivity index (χ4v) is 4.08. The van der Waals surface area contributed by atoms with Gasteiger partial charge in [-0.25, -0.2) is 0 Å². The monoisotopic (exact) mass is 545 g/mol. The lowest BCUT2D eigenvalue weighted by Gasteiger charge is -2.27. The molecular formula is C29H40ClN3O5. The Balaban J connectivity index is 2.04. The number of aliphatic hydroxyl groups is 1. The molecule has 0 bridgehead atoms. The fourth-order valence-electron chi connectivity index (χ4n) is 3.96. The summed E-state index contributed by atoms with van der Waals surface area (Å²) in [6.07, 6.45) is 0.412. The number of amides is 2. The van der Waals surface area contributed by atoms with Crippen molar-refractivity contribution in [3.63, 3.8) is 0 Å². The van der Waals surface area contributed by atoms with E-state index in [4.69, 9.17) is 16.3 Å². The van der Waals surface area contributed by atoms with E-state index in [0.717, 1.165) is 11.1 Å². The zero-order valence-corrected chi connectivity index (χ0v) is 23.3. The topological polar surface area (TPSA) is 117 Å². The summed E-state index contributed by atoms with van der Waals surface area (Å²) in [6, 6.07) is 14.0. The molecule has 208 valence electrons. The highest BCUT2D eigenvalue weighted by molar-refractivity contribution is 6.30. The van der Waals surface area contributed by atoms with Crippen LogP contribution in [0.15, 0.2) is 54.6 Å². The number of hydrogen-bond donors (Lipinski definition) is 4. The Hall–Kier alpha value is -2.78. The molecule has 2 aromatic carbocycles. The summed E-state index contributed by atoms with van der Waals surface area (Å²) in [5, 5.41) is 19.4. The van der Waals surface area contributed by atoms with Crippen LogP contribution in [-0.4, -0.2) is 47.7 Å². The van der Waals surface area contributed by atoms with Crippen molar-refractivity contribution >= 4 is 29.7 Å². The predicted molar refractivity (Wildman–Crippen MR) is 148 cm³/mol. The van der Waals surface area contributed by atoms with Crippen LogP contribution >= 0.6 is 11.6 Å². The number of aliphatic hydroxyl groups excluding tert-OH is 1. The Morgan fingerprint density at radius 2 is 1.45 bits per heavy atom. The van der Waals surface area contributed by atoms with Gasteiger partial charge in [-0.3, -0.25) is 14.9 Å². The second kappa shape index (κ2) is 16.2. The predicted octanol–water partition coefficient (Wildman–Crippen LogP) is 3.59. The Morgan fingerprint density at radius 3 is 2.03 bits per heavy atom. The zero-order valence-electron chi connectivity index (χ0n) is 22.5. The third-order valence-electron chi connectivity index (χ3n) is 5.82. The Labute approximate surface area is 230 Å². The molecule has 4 N–H and O–H groups in total. The highest BCUT2D eigenvalue weighted by atomic mass is 35.5. The molecule has 0 heterocycles. The molecule has 0 aliphatic heterocycles. The van der Waals surface area contributed by atoms with Crippen molar-refractivity contribution in [2.75, 3.05) is 0 Å². The van der Waals surface area contributed by atoms with Gasteiger partial charge in [-0.15, -0.1) is 0 Å². The van der Waals surface area contributed by atoms with E-state index in [1.54, 1.807) is 24.3 Å². The van der Waals surface area contributed by atoms with Crippen LogP contribution in [0.3, 0.4) is 0 Å². The first-order valence-corrected chi connectivity index (χ1v) is 13.3. The van der Waals surface area contributed by atoms with Gasteiger partial charge in [-0.05, 0) is 54.4 Å². The number of aldehydes is 1. The summed E-state index contributed by atoms with van der Waals surface area (Å²) in [5.41, 5.74) is 1.73. The molecule has 38 heavy (non-hydrogen) atoms. The minimum absolute atomic E-state index is 0.105. The number of halogens is 1. The summed E-state index contributed by atoms with van der Waals surface area (Å²) in [7, 11) is 0. The van der Waals surface area contributed by atoms with E-state index in [0.29, 0.717) is 30.6 Å². The molecule has 2 rings (SSSR count). The van der Waals surface area contributed by atoms with E-state index in [9.17, 15) is 19.5 Å². The molecular weight excluding hydrogens is 506 g/mol. The Morgan fingerprint density at radius 1 is 0.868 bits per heavy atom. The Bertz CT molecular complexity index is 1000. The molecule has 0 spiro atoms. The maximum Gasteiger partial charge on any atom is 0.243 e. The molecule has 0 aliphatic carbocycles. The van der Waals surface area contributed by atoms with Gasteiger partial charge in [0.2, 0.25) is 18.2 Å². The quantitative estimate of drug-likeness (QED) is 0.189. The van der Waals surface area contributed by atoms with Crippen LogP contribution in [0.5, 0.6) is 0 Å². The first-order valence-electron chi connectivity index (χ1n) is 13.0. The second-order valence-electron chi connectivity index (χ2n) is 10.3. The Kier molecular flexibility index (Phi) is 13.4. The first kappa shape index (κ1) is 31.4. The normalized spacial score (nSPS) is 14.5. The van der Waals surface area contributed by atoms with Crippen LogP contribution in [0.2, 0.25) is 5.02 Å². The maximum atomic E-state index is 13.3. The molecule has 2 amide bonds. The summed E-state index contributed by atoms with van der Waals surface area (Å²) in [6.45, 7) is 7.99. The van der Waals surface area contributed by atoms with Gasteiger partial charge in [0.05, 0.1) is 18.7 Å². The highest BCUT2D eigenvalue weighted by Gasteiger charge is 2.29. The molecule has 0 saturated heterocycles. The molecule has 0 fully saturated rings. The number of benzene rings is 2. The van der Waals surface area contributed by atoms with E-state index in [1.807, 2.05) is 58.0 Å². The van der Waals surface area contributed by atoms with Crippen LogP contribution in [0, 0.1) is 11.8 Å². The number of ether oxygens (including phenoxy) is 1. The third-order valence-corrected chi connectivity index (χ3v) is 6.07. The molecule has 2 aromatic rings. The largest absolute Gasteiger partial charge is 0.356 e. The van der Waals surface area contributed by atoms with Crippen LogP contribution in [0.1, 0.15) is 51.7 Å². The van der Waals surface area contributed by atoms with Gasteiger partial charge < -0.3 is 25.3 Å². The lowest BCUT2D eigenvalue weighted by atomic mass is 9.99. The van der Waals surface area contributed by atoms with Crippen LogP contribution in [0.25, 0.3) is 0 Å². The zero-order chi connectivity index (χ0) is 28.1. The van der Waals surface area contributed by atoms with E-state index in [2.05, 4.69) is 16.0 Å². The number of hydrogen-bond acceptors (Lipinski definition) is 6. The van der Waals surface area contributed by atoms with Crippen molar-refractivity contribution in [3.8, 4) is 0 Å². The molecule has 0 aliphatic rings. The molecule has 9 heteroatoms. The third kappa shape index (κ3) is 11.7. The molecule has 0 radical (unpaired) electrons. The van der Waals surface area contributed by atoms with Crippen molar-refractivity contribution in [1.29, 1.82) is 0 Å². The standard InChI is InChI=1S/C29H40ClN3O5/c1-19(2)14-25(27(35)31-24(17-34)16-21-10-12-23(30)13-11-21)32-28(36)26(15-20(3)4)33-29(37)38-18-22-8-6-5-7-9-22/h5-13,17,19-20,24-26,29,33,37H,14-16,18H2,1-4H3,(H,31,35)(H,32,36)/t24-,25-,26-,29?/m0/s1. The number of carbonyl (C=O) groups is 3. The van der Waals surface area contributed by atoms with Gasteiger partial charge in [0, 0.05) is 5.02 Å². The maximum absolute atomic E-state index is 13.3. The van der Waals surface area contributed by atoms with Crippen LogP contribution < -0.4 is 16.0 Å². The smallest absolute Gasteiger partial charge is 0.243 e. The molecule has 0 aromatic heterocycles. The average Bonchev–Trinajstić information content (AvgIpc) is 2.87. The number of carbonyl (C=O) groups excluding carboxylic acids is 3. The van der Waals surface area contributed by atoms with Gasteiger partial charge in [-0.1, -0.05) is 81.8 Å². The average molecular weight is 546 g/mol. The van der Waals surface area contributed by atoms with Gasteiger partial charge >= 0.3 is 0 Å². The molecule has 0 saturated carbocycles. The van der Waals surface area contributed by atoms with Crippen molar-refractivity contribution < 1.29 is 24.2 Å². The second-order valence-corrected chi connectivity index (χ2v) is 10.7. The molecule has 8 nitrogen and oxygen atoms in total.